The van der Waals surface area contributed by atoms with Gasteiger partial charge in [-0.05, 0) is 61.5 Å². The molecule has 146 valence electrons. The predicted molar refractivity (Wildman–Crippen MR) is 109 cm³/mol. The number of nitrogens with one attached hydrogen (secondary N) is 1. The molecular weight excluding hydrogens is 348 g/mol. The highest BCUT2D eigenvalue weighted by Gasteiger charge is 2.56. The average Bonchev–Trinajstić information content (AvgIpc) is 3.22. The van der Waals surface area contributed by atoms with Crippen LogP contribution in [0.25, 0.3) is 11.3 Å². The lowest BCUT2D eigenvalue weighted by Gasteiger charge is -2.26. The van der Waals surface area contributed by atoms with E-state index in [0.717, 1.165) is 52.4 Å². The molecule has 6 nitrogen and oxygen atoms in total. The smallest absolute Gasteiger partial charge is 0.148 e. The van der Waals surface area contributed by atoms with E-state index in [1.165, 1.54) is 32.5 Å². The molecule has 6 rings (SSSR count). The second-order valence-corrected chi connectivity index (χ2v) is 9.36. The molecule has 0 radical (unpaired) electrons. The Labute approximate surface area is 166 Å². The van der Waals surface area contributed by atoms with Gasteiger partial charge in [0, 0.05) is 44.5 Å². The summed E-state index contributed by atoms with van der Waals surface area (Å²) in [5.41, 5.74) is 2.93. The molecule has 1 aliphatic heterocycles. The number of aromatic nitrogens is 4. The van der Waals surface area contributed by atoms with Crippen LogP contribution in [0.5, 0.6) is 0 Å². The van der Waals surface area contributed by atoms with Gasteiger partial charge in [0.1, 0.15) is 5.82 Å². The van der Waals surface area contributed by atoms with Crippen molar-refractivity contribution in [3.63, 3.8) is 0 Å². The zero-order chi connectivity index (χ0) is 18.8. The van der Waals surface area contributed by atoms with Crippen molar-refractivity contribution in [2.24, 2.45) is 36.6 Å². The zero-order valence-corrected chi connectivity index (χ0v) is 16.6. The van der Waals surface area contributed by atoms with Crippen molar-refractivity contribution >= 4 is 5.82 Å². The van der Waals surface area contributed by atoms with Crippen molar-refractivity contribution in [1.29, 1.82) is 0 Å². The Morgan fingerprint density at radius 2 is 1.96 bits per heavy atom. The molecule has 3 heterocycles. The van der Waals surface area contributed by atoms with E-state index in [1.54, 1.807) is 0 Å². The van der Waals surface area contributed by atoms with Gasteiger partial charge in [0.25, 0.3) is 0 Å². The van der Waals surface area contributed by atoms with Crippen molar-refractivity contribution in [2.45, 2.75) is 25.8 Å². The van der Waals surface area contributed by atoms with Crippen LogP contribution >= 0.6 is 0 Å². The number of nitrogens with zero attached hydrogens (tertiary/aromatic N) is 5. The van der Waals surface area contributed by atoms with E-state index in [-0.39, 0.29) is 0 Å². The number of fused-ring (bicyclic) bond motifs is 3. The summed E-state index contributed by atoms with van der Waals surface area (Å²) < 4.78 is 1.82. The van der Waals surface area contributed by atoms with Crippen molar-refractivity contribution in [2.75, 3.05) is 25.0 Å². The van der Waals surface area contributed by atoms with Crippen molar-refractivity contribution in [3.8, 4) is 11.3 Å². The summed E-state index contributed by atoms with van der Waals surface area (Å²) in [5.74, 6) is 5.14. The van der Waals surface area contributed by atoms with E-state index in [0.29, 0.717) is 6.04 Å². The Bertz CT molecular complexity index is 904. The van der Waals surface area contributed by atoms with Crippen molar-refractivity contribution in [1.82, 2.24) is 24.9 Å². The number of likely N-dealkylation sites (tertiary alicyclic amines) is 1. The first-order valence-corrected chi connectivity index (χ1v) is 10.7. The summed E-state index contributed by atoms with van der Waals surface area (Å²) >= 11 is 0. The molecule has 6 heteroatoms. The van der Waals surface area contributed by atoms with Crippen LogP contribution in [0, 0.1) is 36.5 Å². The largest absolute Gasteiger partial charge is 0.365 e. The molecule has 2 bridgehead atoms. The van der Waals surface area contributed by atoms with Crippen LogP contribution < -0.4 is 5.32 Å². The lowest BCUT2D eigenvalue weighted by molar-refractivity contribution is 0.232. The molecule has 1 saturated heterocycles. The van der Waals surface area contributed by atoms with Crippen LogP contribution in [0.1, 0.15) is 18.5 Å². The molecule has 0 aromatic carbocycles. The van der Waals surface area contributed by atoms with Gasteiger partial charge in [0.05, 0.1) is 11.4 Å². The van der Waals surface area contributed by atoms with Crippen molar-refractivity contribution < 1.29 is 0 Å². The Balaban J connectivity index is 1.03. The molecule has 3 fully saturated rings. The number of aryl methyl sites for hydroxylation is 2. The summed E-state index contributed by atoms with van der Waals surface area (Å²) in [7, 11) is 1.93. The normalized spacial score (nSPS) is 35.5. The predicted octanol–water partition coefficient (Wildman–Crippen LogP) is 2.74. The number of anilines is 1. The fourth-order valence-electron chi connectivity index (χ4n) is 5.99. The van der Waals surface area contributed by atoms with Crippen LogP contribution in [-0.4, -0.2) is 50.6 Å². The van der Waals surface area contributed by atoms with Crippen molar-refractivity contribution in [3.05, 3.63) is 36.2 Å². The third kappa shape index (κ3) is 2.77. The number of piperidine rings is 1. The Morgan fingerprint density at radius 1 is 1.11 bits per heavy atom. The van der Waals surface area contributed by atoms with E-state index < -0.39 is 0 Å². The number of allylic oxidation sites excluding steroid dienone is 2. The molecule has 0 amide bonds. The van der Waals surface area contributed by atoms with Crippen LogP contribution in [-0.2, 0) is 7.05 Å². The molecule has 6 atom stereocenters. The number of hydrogen-bond donors (Lipinski definition) is 1. The summed E-state index contributed by atoms with van der Waals surface area (Å²) in [6, 6.07) is 4.69. The number of hydrogen-bond acceptors (Lipinski definition) is 5. The lowest BCUT2D eigenvalue weighted by atomic mass is 9.93. The van der Waals surface area contributed by atoms with Gasteiger partial charge in [-0.1, -0.05) is 12.2 Å². The van der Waals surface area contributed by atoms with Crippen LogP contribution in [0.2, 0.25) is 0 Å². The average molecular weight is 377 g/mol. The summed E-state index contributed by atoms with van der Waals surface area (Å²) in [6.07, 6.45) is 9.77. The maximum Gasteiger partial charge on any atom is 0.148 e. The molecule has 2 aromatic heterocycles. The van der Waals surface area contributed by atoms with Gasteiger partial charge in [0.2, 0.25) is 0 Å². The van der Waals surface area contributed by atoms with Gasteiger partial charge in [-0.3, -0.25) is 4.68 Å². The van der Waals surface area contributed by atoms with E-state index in [9.17, 15) is 0 Å². The molecule has 1 N–H and O–H groups in total. The van der Waals surface area contributed by atoms with Crippen LogP contribution in [0.3, 0.4) is 0 Å². The number of rotatable bonds is 5. The Hall–Kier alpha value is -2.21. The summed E-state index contributed by atoms with van der Waals surface area (Å²) in [5, 5.41) is 16.9. The van der Waals surface area contributed by atoms with Gasteiger partial charge in [-0.2, -0.15) is 5.10 Å². The summed E-state index contributed by atoms with van der Waals surface area (Å²) in [6.45, 7) is 5.82. The van der Waals surface area contributed by atoms with E-state index in [1.807, 2.05) is 30.9 Å². The maximum absolute atomic E-state index is 4.42. The molecule has 4 unspecified atom stereocenters. The lowest BCUT2D eigenvalue weighted by Crippen LogP contribution is -2.33. The molecule has 28 heavy (non-hydrogen) atoms. The Kier molecular flexibility index (Phi) is 3.67. The van der Waals surface area contributed by atoms with Gasteiger partial charge in [-0.25, -0.2) is 0 Å². The third-order valence-corrected chi connectivity index (χ3v) is 7.45. The minimum absolute atomic E-state index is 0.580. The topological polar surface area (TPSA) is 58.9 Å². The first-order chi connectivity index (χ1) is 13.6. The molecule has 2 saturated carbocycles. The standard InChI is InChI=1S/C22H28N6/c1-13-17(10-27(2)26-13)20-5-6-21(25-24-20)23-22-18-11-28(12-19(18)22)9-16-8-14-3-4-15(16)7-14/h3-6,10,14-16,18-19,22H,7-9,11-12H2,1-2H3,(H,23,25)/t14?,15?,16?,18-,19+,22?. The molecular formula is C22H28N6. The fraction of sp³-hybridized carbons (Fsp3) is 0.591. The maximum atomic E-state index is 4.42. The van der Waals surface area contributed by atoms with E-state index in [2.05, 4.69) is 43.7 Å². The van der Waals surface area contributed by atoms with Gasteiger partial charge in [-0.15, -0.1) is 10.2 Å². The van der Waals surface area contributed by atoms with Crippen LogP contribution in [0.15, 0.2) is 30.5 Å². The fourth-order valence-corrected chi connectivity index (χ4v) is 5.99. The minimum Gasteiger partial charge on any atom is -0.365 e. The minimum atomic E-state index is 0.580. The molecule has 3 aliphatic carbocycles. The Morgan fingerprint density at radius 3 is 2.57 bits per heavy atom. The zero-order valence-electron chi connectivity index (χ0n) is 16.6. The van der Waals surface area contributed by atoms with E-state index >= 15 is 0 Å². The van der Waals surface area contributed by atoms with Gasteiger partial charge < -0.3 is 10.2 Å². The first-order valence-electron chi connectivity index (χ1n) is 10.7. The second kappa shape index (κ2) is 6.14. The van der Waals surface area contributed by atoms with E-state index in [4.69, 9.17) is 0 Å². The third-order valence-electron chi connectivity index (χ3n) is 7.45. The van der Waals surface area contributed by atoms with Gasteiger partial charge in [0.15, 0.2) is 0 Å². The first kappa shape index (κ1) is 16.7. The molecule has 4 aliphatic rings. The highest BCUT2D eigenvalue weighted by Crippen LogP contribution is 2.49. The monoisotopic (exact) mass is 376 g/mol. The second-order valence-electron chi connectivity index (χ2n) is 9.36. The highest BCUT2D eigenvalue weighted by molar-refractivity contribution is 5.61. The SMILES string of the molecule is Cc1nn(C)cc1-c1ccc(NC2[C@H]3CN(CC4CC5C=CC4C5)C[C@@H]23)nn1. The quantitative estimate of drug-likeness (QED) is 0.813. The molecule has 0 spiro atoms. The highest BCUT2D eigenvalue weighted by atomic mass is 15.3. The summed E-state index contributed by atoms with van der Waals surface area (Å²) in [4.78, 5) is 2.71. The van der Waals surface area contributed by atoms with Gasteiger partial charge >= 0.3 is 0 Å². The molecule has 2 aromatic rings. The van der Waals surface area contributed by atoms with Crippen LogP contribution in [0.4, 0.5) is 5.82 Å².